The minimum Gasteiger partial charge on any atom is -0.508 e. The largest absolute Gasteiger partial charge is 0.508 e. The van der Waals surface area contributed by atoms with E-state index in [9.17, 15) is 4.79 Å². The molecule has 0 amide bonds. The summed E-state index contributed by atoms with van der Waals surface area (Å²) in [5.74, 6) is 0.402. The second-order valence-corrected chi connectivity index (χ2v) is 3.79. The minimum atomic E-state index is -0.339. The number of esters is 1. The van der Waals surface area contributed by atoms with Gasteiger partial charge >= 0.3 is 5.97 Å². The Balaban J connectivity index is 2.06. The van der Waals surface area contributed by atoms with Gasteiger partial charge < -0.3 is 15.2 Å². The van der Waals surface area contributed by atoms with E-state index in [1.807, 2.05) is 12.1 Å². The Kier molecular flexibility index (Phi) is 3.48. The van der Waals surface area contributed by atoms with E-state index in [4.69, 9.17) is 9.84 Å². The molecule has 18 heavy (non-hydrogen) atoms. The molecule has 92 valence electrons. The summed E-state index contributed by atoms with van der Waals surface area (Å²) in [4.78, 5) is 10.8. The van der Waals surface area contributed by atoms with Crippen molar-refractivity contribution in [1.82, 2.24) is 0 Å². The molecule has 2 rings (SSSR count). The lowest BCUT2D eigenvalue weighted by atomic mass is 10.2. The zero-order valence-corrected chi connectivity index (χ0v) is 9.88. The van der Waals surface area contributed by atoms with E-state index in [0.717, 1.165) is 11.4 Å². The Hall–Kier alpha value is -2.49. The van der Waals surface area contributed by atoms with Crippen LogP contribution < -0.4 is 10.1 Å². The lowest BCUT2D eigenvalue weighted by Crippen LogP contribution is -2.01. The molecule has 2 aromatic rings. The summed E-state index contributed by atoms with van der Waals surface area (Å²) < 4.78 is 4.94. The standard InChI is InChI=1S/C14H13NO3/c1-10(16)18-14-8-4-12(5-9-14)15-11-2-6-13(17)7-3-11/h2-9,15,17H,1H3. The molecule has 0 unspecified atom stereocenters. The van der Waals surface area contributed by atoms with Crippen molar-refractivity contribution in [1.29, 1.82) is 0 Å². The number of anilines is 2. The Morgan fingerprint density at radius 1 is 1.00 bits per heavy atom. The molecule has 0 heterocycles. The van der Waals surface area contributed by atoms with Crippen LogP contribution in [0.2, 0.25) is 0 Å². The number of nitrogens with one attached hydrogen (secondary N) is 1. The van der Waals surface area contributed by atoms with Crippen molar-refractivity contribution >= 4 is 17.3 Å². The number of phenols is 1. The van der Waals surface area contributed by atoms with Crippen LogP contribution in [0.25, 0.3) is 0 Å². The Morgan fingerprint density at radius 2 is 1.50 bits per heavy atom. The molecular formula is C14H13NO3. The molecule has 2 N–H and O–H groups in total. The molecule has 0 spiro atoms. The first kappa shape index (κ1) is 12.0. The van der Waals surface area contributed by atoms with Crippen molar-refractivity contribution in [3.05, 3.63) is 48.5 Å². The third-order valence-electron chi connectivity index (χ3n) is 2.27. The second-order valence-electron chi connectivity index (χ2n) is 3.79. The van der Waals surface area contributed by atoms with Crippen molar-refractivity contribution in [2.75, 3.05) is 5.32 Å². The minimum absolute atomic E-state index is 0.228. The first-order valence-corrected chi connectivity index (χ1v) is 5.48. The summed E-state index contributed by atoms with van der Waals surface area (Å²) in [5.41, 5.74) is 1.74. The summed E-state index contributed by atoms with van der Waals surface area (Å²) >= 11 is 0. The van der Waals surface area contributed by atoms with E-state index in [0.29, 0.717) is 5.75 Å². The normalized spacial score (nSPS) is 9.83. The van der Waals surface area contributed by atoms with Gasteiger partial charge in [-0.05, 0) is 48.5 Å². The fourth-order valence-corrected chi connectivity index (χ4v) is 1.48. The van der Waals surface area contributed by atoms with Gasteiger partial charge in [0.05, 0.1) is 0 Å². The van der Waals surface area contributed by atoms with Crippen LogP contribution in [0, 0.1) is 0 Å². The van der Waals surface area contributed by atoms with Gasteiger partial charge in [-0.25, -0.2) is 0 Å². The van der Waals surface area contributed by atoms with E-state index in [1.54, 1.807) is 36.4 Å². The highest BCUT2D eigenvalue weighted by molar-refractivity contribution is 5.70. The van der Waals surface area contributed by atoms with Crippen molar-refractivity contribution in [3.63, 3.8) is 0 Å². The van der Waals surface area contributed by atoms with Crippen LogP contribution in [0.1, 0.15) is 6.92 Å². The molecule has 0 bridgehead atoms. The van der Waals surface area contributed by atoms with Gasteiger partial charge in [-0.1, -0.05) is 0 Å². The number of rotatable bonds is 3. The van der Waals surface area contributed by atoms with Gasteiger partial charge in [0.15, 0.2) is 0 Å². The summed E-state index contributed by atoms with van der Waals surface area (Å²) in [6, 6.07) is 13.8. The first-order chi connectivity index (χ1) is 8.63. The molecule has 0 atom stereocenters. The zero-order chi connectivity index (χ0) is 13.0. The maximum Gasteiger partial charge on any atom is 0.308 e. The van der Waals surface area contributed by atoms with Crippen molar-refractivity contribution in [2.24, 2.45) is 0 Å². The lowest BCUT2D eigenvalue weighted by Gasteiger charge is -2.07. The predicted molar refractivity (Wildman–Crippen MR) is 69.1 cm³/mol. The third-order valence-corrected chi connectivity index (χ3v) is 2.27. The summed E-state index contributed by atoms with van der Waals surface area (Å²) in [6.07, 6.45) is 0. The fraction of sp³-hybridized carbons (Fsp3) is 0.0714. The van der Waals surface area contributed by atoms with Gasteiger partial charge in [0.2, 0.25) is 0 Å². The molecule has 0 radical (unpaired) electrons. The van der Waals surface area contributed by atoms with Crippen molar-refractivity contribution < 1.29 is 14.6 Å². The molecule has 0 aliphatic heterocycles. The molecule has 0 saturated heterocycles. The van der Waals surface area contributed by atoms with Crippen LogP contribution in [0.5, 0.6) is 11.5 Å². The fourth-order valence-electron chi connectivity index (χ4n) is 1.48. The quantitative estimate of drug-likeness (QED) is 0.494. The van der Waals surface area contributed by atoms with Gasteiger partial charge in [0.1, 0.15) is 11.5 Å². The van der Waals surface area contributed by atoms with Crippen molar-refractivity contribution in [2.45, 2.75) is 6.92 Å². The molecule has 0 saturated carbocycles. The number of aromatic hydroxyl groups is 1. The van der Waals surface area contributed by atoms with Gasteiger partial charge in [-0.2, -0.15) is 0 Å². The topological polar surface area (TPSA) is 58.6 Å². The van der Waals surface area contributed by atoms with Crippen LogP contribution in [-0.2, 0) is 4.79 Å². The number of hydrogen-bond donors (Lipinski definition) is 2. The number of ether oxygens (including phenoxy) is 1. The Bertz CT molecular complexity index is 532. The van der Waals surface area contributed by atoms with Crippen LogP contribution in [0.3, 0.4) is 0 Å². The van der Waals surface area contributed by atoms with Crippen molar-refractivity contribution in [3.8, 4) is 11.5 Å². The summed E-state index contributed by atoms with van der Waals surface area (Å²) in [5, 5.41) is 12.3. The molecule has 4 heteroatoms. The van der Waals surface area contributed by atoms with E-state index in [1.165, 1.54) is 6.92 Å². The average molecular weight is 243 g/mol. The molecule has 0 aromatic heterocycles. The lowest BCUT2D eigenvalue weighted by molar-refractivity contribution is -0.131. The van der Waals surface area contributed by atoms with Gasteiger partial charge in [0, 0.05) is 18.3 Å². The highest BCUT2D eigenvalue weighted by Gasteiger charge is 1.99. The second kappa shape index (κ2) is 5.23. The van der Waals surface area contributed by atoms with Gasteiger partial charge in [-0.15, -0.1) is 0 Å². The highest BCUT2D eigenvalue weighted by Crippen LogP contribution is 2.21. The van der Waals surface area contributed by atoms with Gasteiger partial charge in [0.25, 0.3) is 0 Å². The van der Waals surface area contributed by atoms with Crippen LogP contribution in [-0.4, -0.2) is 11.1 Å². The number of benzene rings is 2. The van der Waals surface area contributed by atoms with E-state index in [2.05, 4.69) is 5.32 Å². The Morgan fingerprint density at radius 3 is 2.00 bits per heavy atom. The van der Waals surface area contributed by atoms with E-state index < -0.39 is 0 Å². The van der Waals surface area contributed by atoms with Crippen LogP contribution >= 0.6 is 0 Å². The van der Waals surface area contributed by atoms with E-state index >= 15 is 0 Å². The number of carbonyl (C=O) groups is 1. The van der Waals surface area contributed by atoms with Gasteiger partial charge in [-0.3, -0.25) is 4.79 Å². The molecule has 2 aromatic carbocycles. The third kappa shape index (κ3) is 3.25. The smallest absolute Gasteiger partial charge is 0.308 e. The maximum atomic E-state index is 10.8. The predicted octanol–water partition coefficient (Wildman–Crippen LogP) is 3.06. The SMILES string of the molecule is CC(=O)Oc1ccc(Nc2ccc(O)cc2)cc1. The average Bonchev–Trinajstić information content (AvgIpc) is 2.34. The number of carbonyl (C=O) groups excluding carboxylic acids is 1. The molecule has 0 aliphatic carbocycles. The Labute approximate surface area is 105 Å². The zero-order valence-electron chi connectivity index (χ0n) is 9.88. The van der Waals surface area contributed by atoms with Crippen LogP contribution in [0.4, 0.5) is 11.4 Å². The maximum absolute atomic E-state index is 10.8. The van der Waals surface area contributed by atoms with Crippen LogP contribution in [0.15, 0.2) is 48.5 Å². The number of hydrogen-bond acceptors (Lipinski definition) is 4. The summed E-state index contributed by atoms with van der Waals surface area (Å²) in [7, 11) is 0. The molecular weight excluding hydrogens is 230 g/mol. The molecule has 0 aliphatic rings. The molecule has 4 nitrogen and oxygen atoms in total. The molecule has 0 fully saturated rings. The number of phenolic OH excluding ortho intramolecular Hbond substituents is 1. The first-order valence-electron chi connectivity index (χ1n) is 5.48. The monoisotopic (exact) mass is 243 g/mol. The van der Waals surface area contributed by atoms with E-state index in [-0.39, 0.29) is 11.7 Å². The highest BCUT2D eigenvalue weighted by atomic mass is 16.5. The summed E-state index contributed by atoms with van der Waals surface area (Å²) in [6.45, 7) is 1.36.